The molecule has 6 aromatic rings. The van der Waals surface area contributed by atoms with Gasteiger partial charge in [0.2, 0.25) is 0 Å². The summed E-state index contributed by atoms with van der Waals surface area (Å²) < 4.78 is 1.43. The second-order valence-corrected chi connectivity index (χ2v) is 20.4. The maximum absolute atomic E-state index is 5.55. The van der Waals surface area contributed by atoms with Crippen molar-refractivity contribution >= 4 is 71.2 Å². The van der Waals surface area contributed by atoms with E-state index in [1.165, 1.54) is 48.8 Å². The molecule has 0 saturated heterocycles. The van der Waals surface area contributed by atoms with Crippen LogP contribution < -0.4 is 31.8 Å². The van der Waals surface area contributed by atoms with Gasteiger partial charge in [0.15, 0.2) is 0 Å². The molecule has 0 unspecified atom stereocenters. The molecule has 0 N–H and O–H groups in total. The van der Waals surface area contributed by atoms with Gasteiger partial charge in [0.25, 0.3) is 0 Å². The molecule has 1 aliphatic rings. The first-order chi connectivity index (χ1) is 21.7. The van der Waals surface area contributed by atoms with Crippen LogP contribution in [0.5, 0.6) is 0 Å². The van der Waals surface area contributed by atoms with Crippen molar-refractivity contribution in [3.8, 4) is 0 Å². The van der Waals surface area contributed by atoms with Gasteiger partial charge in [0.05, 0.1) is 0 Å². The van der Waals surface area contributed by atoms with E-state index in [1.807, 2.05) is 0 Å². The van der Waals surface area contributed by atoms with E-state index < -0.39 is 29.4 Å². The third kappa shape index (κ3) is 9.88. The third-order valence-corrected chi connectivity index (χ3v) is 15.6. The van der Waals surface area contributed by atoms with Crippen molar-refractivity contribution < 1.29 is 13.5 Å². The second kappa shape index (κ2) is 17.7. The molecule has 7 rings (SSSR count). The maximum atomic E-state index is 5.55. The molecule has 0 nitrogen and oxygen atoms in total. The summed E-state index contributed by atoms with van der Waals surface area (Å²) in [6.45, 7) is 0. The van der Waals surface area contributed by atoms with Crippen LogP contribution in [0.2, 0.25) is 0 Å². The van der Waals surface area contributed by atoms with E-state index in [1.54, 1.807) is 0 Å². The first kappa shape index (κ1) is 32.6. The first-order valence-electron chi connectivity index (χ1n) is 14.5. The van der Waals surface area contributed by atoms with Crippen molar-refractivity contribution in [2.24, 2.45) is 0 Å². The predicted octanol–water partition coefficient (Wildman–Crippen LogP) is 8.77. The molecule has 0 radical (unpaired) electrons. The zero-order valence-electron chi connectivity index (χ0n) is 24.2. The fourth-order valence-corrected chi connectivity index (χ4v) is 11.6. The summed E-state index contributed by atoms with van der Waals surface area (Å²) in [5.74, 6) is 0. The molecule has 0 aromatic heterocycles. The predicted molar refractivity (Wildman–Crippen MR) is 196 cm³/mol. The largest absolute Gasteiger partial charge is 0.0622 e. The Balaban J connectivity index is 0.000000147. The van der Waals surface area contributed by atoms with E-state index in [2.05, 4.69) is 182 Å². The summed E-state index contributed by atoms with van der Waals surface area (Å²) in [5.41, 5.74) is 0. The zero-order valence-corrected chi connectivity index (χ0v) is 29.3. The summed E-state index contributed by atoms with van der Waals surface area (Å²) in [5, 5.41) is 8.39. The third-order valence-electron chi connectivity index (χ3n) is 6.70. The molecule has 222 valence electrons. The van der Waals surface area contributed by atoms with Crippen LogP contribution >= 0.6 is 35.2 Å². The fraction of sp³-hybridized carbons (Fsp3) is 0.0513. The molecular formula is C39H34Cl2P2Ru. The maximum Gasteiger partial charge on any atom is -0.0134 e. The van der Waals surface area contributed by atoms with Gasteiger partial charge in [-0.3, -0.25) is 0 Å². The number of hydrogen-bond acceptors (Lipinski definition) is 0. The quantitative estimate of drug-likeness (QED) is 0.119. The average Bonchev–Trinajstić information content (AvgIpc) is 3.95. The van der Waals surface area contributed by atoms with E-state index in [0.717, 1.165) is 0 Å². The van der Waals surface area contributed by atoms with Crippen molar-refractivity contribution in [2.75, 3.05) is 0 Å². The Morgan fingerprint density at radius 2 is 0.500 bits per heavy atom. The summed E-state index contributed by atoms with van der Waals surface area (Å²) in [6.07, 6.45) is 2.43. The van der Waals surface area contributed by atoms with E-state index in [9.17, 15) is 0 Å². The van der Waals surface area contributed by atoms with Crippen molar-refractivity contribution in [1.82, 2.24) is 0 Å². The first-order valence-corrected chi connectivity index (χ1v) is 22.5. The standard InChI is InChI=1S/2C18H15P.C3H4.2ClH.Ru/c2*1-4-10-16(11-5-1)19(17-12-6-2-7-13-17)18-14-8-3-9-15-18;1-2-3-1;;;/h2*1-15H;1-2H2;2*1H;/q;;;;;+2/p-2. The van der Waals surface area contributed by atoms with Crippen LogP contribution in [-0.2, 0) is 13.5 Å². The summed E-state index contributed by atoms with van der Waals surface area (Å²) >= 11 is -1.31. The Morgan fingerprint density at radius 3 is 0.614 bits per heavy atom. The molecule has 0 amide bonds. The summed E-state index contributed by atoms with van der Waals surface area (Å²) in [4.78, 5) is 0. The number of hydrogen-bond donors (Lipinski definition) is 0. The summed E-state index contributed by atoms with van der Waals surface area (Å²) in [6, 6.07) is 64.7. The van der Waals surface area contributed by atoms with Crippen LogP contribution in [0, 0.1) is 0 Å². The zero-order chi connectivity index (χ0) is 30.4. The van der Waals surface area contributed by atoms with Gasteiger partial charge in [-0.25, -0.2) is 0 Å². The van der Waals surface area contributed by atoms with E-state index in [-0.39, 0.29) is 0 Å². The van der Waals surface area contributed by atoms with Gasteiger partial charge in [-0.15, -0.1) is 0 Å². The smallest absolute Gasteiger partial charge is 0.0134 e. The molecule has 44 heavy (non-hydrogen) atoms. The Bertz CT molecular complexity index is 1390. The number of benzene rings is 6. The van der Waals surface area contributed by atoms with Crippen LogP contribution in [0.1, 0.15) is 12.8 Å². The molecule has 5 heteroatoms. The van der Waals surface area contributed by atoms with Gasteiger partial charge in [-0.2, -0.15) is 0 Å². The molecule has 0 aliphatic heterocycles. The van der Waals surface area contributed by atoms with Gasteiger partial charge >= 0.3 is 49.8 Å². The Kier molecular flexibility index (Phi) is 13.1. The van der Waals surface area contributed by atoms with Gasteiger partial charge in [-0.05, 0) is 47.7 Å². The van der Waals surface area contributed by atoms with Crippen molar-refractivity contribution in [3.63, 3.8) is 0 Å². The molecule has 6 aromatic carbocycles. The topological polar surface area (TPSA) is 0 Å². The van der Waals surface area contributed by atoms with Crippen molar-refractivity contribution in [1.29, 1.82) is 0 Å². The molecule has 0 atom stereocenters. The minimum Gasteiger partial charge on any atom is -0.0622 e. The number of rotatable bonds is 6. The normalized spacial score (nSPS) is 12.0. The summed E-state index contributed by atoms with van der Waals surface area (Å²) in [7, 11) is 10.2. The SMILES string of the molecule is [Cl][Ru]([Cl])=[C]1CC1.c1ccc(P(c2ccccc2)c2ccccc2)cc1.c1ccc(P(c2ccccc2)c2ccccc2)cc1. The van der Waals surface area contributed by atoms with Crippen LogP contribution in [0.3, 0.4) is 0 Å². The van der Waals surface area contributed by atoms with Crippen LogP contribution in [0.25, 0.3) is 0 Å². The molecule has 0 bridgehead atoms. The van der Waals surface area contributed by atoms with Crippen molar-refractivity contribution in [3.05, 3.63) is 182 Å². The van der Waals surface area contributed by atoms with Gasteiger partial charge in [0, 0.05) is 0 Å². The molecule has 1 saturated carbocycles. The average molecular weight is 737 g/mol. The van der Waals surface area contributed by atoms with Crippen molar-refractivity contribution in [2.45, 2.75) is 12.8 Å². The second-order valence-electron chi connectivity index (χ2n) is 9.87. The van der Waals surface area contributed by atoms with Gasteiger partial charge in [0.1, 0.15) is 0 Å². The molecule has 1 aliphatic carbocycles. The Morgan fingerprint density at radius 1 is 0.318 bits per heavy atom. The Hall–Kier alpha value is -2.75. The van der Waals surface area contributed by atoms with E-state index in [0.29, 0.717) is 0 Å². The molecule has 1 fully saturated rings. The van der Waals surface area contributed by atoms with Crippen LogP contribution in [0.4, 0.5) is 0 Å². The fourth-order valence-electron chi connectivity index (χ4n) is 4.53. The van der Waals surface area contributed by atoms with E-state index >= 15 is 0 Å². The molecule has 0 heterocycles. The van der Waals surface area contributed by atoms with E-state index in [4.69, 9.17) is 19.4 Å². The minimum atomic E-state index is -1.31. The number of halogens is 2. The Labute approximate surface area is 277 Å². The van der Waals surface area contributed by atoms with Gasteiger partial charge < -0.3 is 0 Å². The molecular weight excluding hydrogens is 702 g/mol. The van der Waals surface area contributed by atoms with Crippen LogP contribution in [-0.4, -0.2) is 4.11 Å². The molecule has 0 spiro atoms. The minimum absolute atomic E-state index is 0.446. The van der Waals surface area contributed by atoms with Crippen LogP contribution in [0.15, 0.2) is 182 Å². The monoisotopic (exact) mass is 736 g/mol. The van der Waals surface area contributed by atoms with Gasteiger partial charge in [-0.1, -0.05) is 182 Å².